The Morgan fingerprint density at radius 1 is 1.08 bits per heavy atom. The first-order valence-corrected chi connectivity index (χ1v) is 8.29. The van der Waals surface area contributed by atoms with Gasteiger partial charge < -0.3 is 9.72 Å². The van der Waals surface area contributed by atoms with E-state index in [2.05, 4.69) is 9.72 Å². The van der Waals surface area contributed by atoms with Gasteiger partial charge in [0.1, 0.15) is 16.5 Å². The lowest BCUT2D eigenvalue weighted by atomic mass is 10.0. The third-order valence-corrected chi connectivity index (χ3v) is 4.39. The van der Waals surface area contributed by atoms with Crippen LogP contribution in [0.5, 0.6) is 5.75 Å². The molecule has 1 aromatic heterocycles. The number of primary sulfonamides is 1. The average Bonchev–Trinajstić information content (AvgIpc) is 2.88. The van der Waals surface area contributed by atoms with Crippen LogP contribution in [-0.2, 0) is 10.0 Å². The predicted molar refractivity (Wildman–Crippen MR) is 81.7 cm³/mol. The molecule has 0 aliphatic carbocycles. The fourth-order valence-electron chi connectivity index (χ4n) is 2.43. The maximum atomic E-state index is 14.1. The van der Waals surface area contributed by atoms with Crippen molar-refractivity contribution in [2.45, 2.75) is 11.3 Å². The van der Waals surface area contributed by atoms with Gasteiger partial charge in [0, 0.05) is 28.7 Å². The number of nitrogens with two attached hydrogens (primary N) is 1. The normalized spacial score (nSPS) is 12.5. The first-order chi connectivity index (χ1) is 11.5. The summed E-state index contributed by atoms with van der Waals surface area (Å²) in [6.07, 6.45) is -3.71. The number of benzene rings is 2. The van der Waals surface area contributed by atoms with E-state index in [9.17, 15) is 26.0 Å². The van der Waals surface area contributed by atoms with Crippen LogP contribution in [0.2, 0.25) is 0 Å². The Labute approximate surface area is 139 Å². The van der Waals surface area contributed by atoms with Crippen molar-refractivity contribution < 1.29 is 30.7 Å². The smallest absolute Gasteiger partial charge is 0.406 e. The molecule has 0 saturated heterocycles. The van der Waals surface area contributed by atoms with Gasteiger partial charge in [0.15, 0.2) is 0 Å². The molecule has 0 aliphatic rings. The highest BCUT2D eigenvalue weighted by molar-refractivity contribution is 7.89. The number of ether oxygens (including phenoxy) is 1. The average molecular weight is 374 g/mol. The maximum Gasteiger partial charge on any atom is 0.573 e. The summed E-state index contributed by atoms with van der Waals surface area (Å²) >= 11 is 0. The molecule has 25 heavy (non-hydrogen) atoms. The summed E-state index contributed by atoms with van der Waals surface area (Å²) in [5.74, 6) is -1.59. The van der Waals surface area contributed by atoms with Crippen molar-refractivity contribution in [3.05, 3.63) is 48.4 Å². The van der Waals surface area contributed by atoms with E-state index in [1.165, 1.54) is 24.4 Å². The summed E-state index contributed by atoms with van der Waals surface area (Å²) in [5, 5.41) is 5.42. The molecule has 0 fully saturated rings. The zero-order valence-electron chi connectivity index (χ0n) is 12.3. The van der Waals surface area contributed by atoms with Crippen LogP contribution in [0.25, 0.3) is 22.0 Å². The minimum Gasteiger partial charge on any atom is -0.406 e. The van der Waals surface area contributed by atoms with Crippen LogP contribution in [0.15, 0.2) is 47.5 Å². The van der Waals surface area contributed by atoms with Gasteiger partial charge >= 0.3 is 6.36 Å². The number of alkyl halides is 3. The van der Waals surface area contributed by atoms with Crippen LogP contribution in [0.3, 0.4) is 0 Å². The van der Waals surface area contributed by atoms with Gasteiger partial charge in [-0.3, -0.25) is 0 Å². The second-order valence-electron chi connectivity index (χ2n) is 5.15. The van der Waals surface area contributed by atoms with Crippen LogP contribution in [0, 0.1) is 5.82 Å². The van der Waals surface area contributed by atoms with Gasteiger partial charge in [-0.1, -0.05) is 12.1 Å². The number of nitrogens with one attached hydrogen (secondary N) is 1. The molecule has 5 nitrogen and oxygen atoms in total. The lowest BCUT2D eigenvalue weighted by Gasteiger charge is -2.10. The fraction of sp³-hybridized carbons (Fsp3) is 0.0667. The second kappa shape index (κ2) is 5.74. The van der Waals surface area contributed by atoms with Crippen molar-refractivity contribution in [3.8, 4) is 16.9 Å². The van der Waals surface area contributed by atoms with E-state index < -0.39 is 28.0 Å². The summed E-state index contributed by atoms with van der Waals surface area (Å²) in [5.41, 5.74) is 0.756. The first-order valence-electron chi connectivity index (χ1n) is 6.74. The van der Waals surface area contributed by atoms with Gasteiger partial charge in [0.05, 0.1) is 0 Å². The van der Waals surface area contributed by atoms with Gasteiger partial charge in [-0.25, -0.2) is 17.9 Å². The zero-order chi connectivity index (χ0) is 18.4. The third kappa shape index (κ3) is 3.59. The standard InChI is InChI=1S/C15H10F4N2O3S/c16-12-6-9(24-15(17,18)19)2-4-10(12)8-1-3-11-13(5-8)21-7-14(11)25(20,22)23/h1-7,21H,(H2,20,22,23). The minimum atomic E-state index is -4.92. The summed E-state index contributed by atoms with van der Waals surface area (Å²) in [4.78, 5) is 2.60. The summed E-state index contributed by atoms with van der Waals surface area (Å²) in [6.45, 7) is 0. The largest absolute Gasteiger partial charge is 0.573 e. The van der Waals surface area contributed by atoms with E-state index in [1.807, 2.05) is 0 Å². The number of aromatic nitrogens is 1. The Kier molecular flexibility index (Phi) is 3.96. The van der Waals surface area contributed by atoms with Gasteiger partial charge in [0.25, 0.3) is 0 Å². The molecule has 0 atom stereocenters. The monoisotopic (exact) mass is 374 g/mol. The zero-order valence-corrected chi connectivity index (χ0v) is 13.1. The molecule has 0 radical (unpaired) electrons. The van der Waals surface area contributed by atoms with E-state index in [0.29, 0.717) is 22.5 Å². The number of fused-ring (bicyclic) bond motifs is 1. The highest BCUT2D eigenvalue weighted by atomic mass is 32.2. The minimum absolute atomic E-state index is 0.0307. The molecule has 0 spiro atoms. The molecule has 2 aromatic carbocycles. The molecule has 3 N–H and O–H groups in total. The molecule has 132 valence electrons. The van der Waals surface area contributed by atoms with E-state index in [4.69, 9.17) is 5.14 Å². The van der Waals surface area contributed by atoms with Gasteiger partial charge in [-0.05, 0) is 23.8 Å². The quantitative estimate of drug-likeness (QED) is 0.688. The lowest BCUT2D eigenvalue weighted by molar-refractivity contribution is -0.274. The summed E-state index contributed by atoms with van der Waals surface area (Å²) < 4.78 is 77.2. The van der Waals surface area contributed by atoms with Crippen LogP contribution >= 0.6 is 0 Å². The molecule has 0 saturated carbocycles. The Morgan fingerprint density at radius 3 is 2.40 bits per heavy atom. The van der Waals surface area contributed by atoms with E-state index in [0.717, 1.165) is 12.1 Å². The predicted octanol–water partition coefficient (Wildman–Crippen LogP) is 3.52. The second-order valence-corrected chi connectivity index (χ2v) is 6.68. The Bertz CT molecular complexity index is 1060. The van der Waals surface area contributed by atoms with E-state index in [1.54, 1.807) is 0 Å². The van der Waals surface area contributed by atoms with Crippen molar-refractivity contribution in [2.24, 2.45) is 5.14 Å². The molecule has 3 aromatic rings. The van der Waals surface area contributed by atoms with Gasteiger partial charge in [0.2, 0.25) is 10.0 Å². The number of aromatic amines is 1. The molecule has 0 amide bonds. The Hall–Kier alpha value is -2.59. The van der Waals surface area contributed by atoms with Crippen molar-refractivity contribution in [2.75, 3.05) is 0 Å². The molecule has 3 rings (SSSR count). The molecular formula is C15H10F4N2O3S. The summed E-state index contributed by atoms with van der Waals surface area (Å²) in [6, 6.07) is 7.08. The third-order valence-electron chi connectivity index (χ3n) is 3.44. The van der Waals surface area contributed by atoms with Crippen molar-refractivity contribution in [3.63, 3.8) is 0 Å². The Balaban J connectivity index is 2.02. The number of rotatable bonds is 3. The molecular weight excluding hydrogens is 364 g/mol. The lowest BCUT2D eigenvalue weighted by Crippen LogP contribution is -2.17. The molecule has 1 heterocycles. The number of H-pyrrole nitrogens is 1. The van der Waals surface area contributed by atoms with Crippen LogP contribution in [0.1, 0.15) is 0 Å². The first kappa shape index (κ1) is 17.2. The summed E-state index contributed by atoms with van der Waals surface area (Å²) in [7, 11) is -3.92. The maximum absolute atomic E-state index is 14.1. The number of hydrogen-bond acceptors (Lipinski definition) is 3. The number of sulfonamides is 1. The van der Waals surface area contributed by atoms with Gasteiger partial charge in [-0.2, -0.15) is 0 Å². The van der Waals surface area contributed by atoms with Gasteiger partial charge in [-0.15, -0.1) is 13.2 Å². The van der Waals surface area contributed by atoms with E-state index >= 15 is 0 Å². The van der Waals surface area contributed by atoms with Crippen LogP contribution in [0.4, 0.5) is 17.6 Å². The van der Waals surface area contributed by atoms with Crippen molar-refractivity contribution >= 4 is 20.9 Å². The highest BCUT2D eigenvalue weighted by Gasteiger charge is 2.31. The molecule has 0 unspecified atom stereocenters. The van der Waals surface area contributed by atoms with Crippen LogP contribution in [-0.4, -0.2) is 19.8 Å². The topological polar surface area (TPSA) is 85.2 Å². The molecule has 0 bridgehead atoms. The SMILES string of the molecule is NS(=O)(=O)c1c[nH]c2cc(-c3ccc(OC(F)(F)F)cc3F)ccc12. The number of hydrogen-bond donors (Lipinski definition) is 2. The van der Waals surface area contributed by atoms with Crippen molar-refractivity contribution in [1.29, 1.82) is 0 Å². The fourth-order valence-corrected chi connectivity index (χ4v) is 3.14. The highest BCUT2D eigenvalue weighted by Crippen LogP contribution is 2.32. The Morgan fingerprint density at radius 2 is 1.80 bits per heavy atom. The number of halogens is 4. The molecule has 10 heteroatoms. The van der Waals surface area contributed by atoms with E-state index in [-0.39, 0.29) is 10.5 Å². The van der Waals surface area contributed by atoms with Crippen molar-refractivity contribution in [1.82, 2.24) is 4.98 Å². The molecule has 0 aliphatic heterocycles. The van der Waals surface area contributed by atoms with Crippen LogP contribution < -0.4 is 9.88 Å².